The smallest absolute Gasteiger partial charge is 0.255 e. The molecule has 0 spiro atoms. The Balaban J connectivity index is 2.88. The van der Waals surface area contributed by atoms with Crippen molar-refractivity contribution in [2.24, 2.45) is 0 Å². The van der Waals surface area contributed by atoms with Crippen LogP contribution in [0.5, 0.6) is 0 Å². The first-order valence-corrected chi connectivity index (χ1v) is 3.17. The summed E-state index contributed by atoms with van der Waals surface area (Å²) in [5.74, 6) is -0.767. The van der Waals surface area contributed by atoms with Crippen LogP contribution in [0.4, 0.5) is 0 Å². The molecule has 0 radical (unpaired) electrons. The Bertz CT molecular complexity index is 236. The number of imide groups is 1. The SMILES string of the molecule is CC(=O)N1C(=N)N(C)CC1=O. The third-order valence-electron chi connectivity index (χ3n) is 1.51. The number of hydrogen-bond acceptors (Lipinski definition) is 3. The van der Waals surface area contributed by atoms with Gasteiger partial charge < -0.3 is 4.90 Å². The predicted molar refractivity (Wildman–Crippen MR) is 37.9 cm³/mol. The van der Waals surface area contributed by atoms with E-state index < -0.39 is 5.91 Å². The highest BCUT2D eigenvalue weighted by Gasteiger charge is 2.33. The molecular weight excluding hydrogens is 146 g/mol. The first-order valence-electron chi connectivity index (χ1n) is 3.17. The van der Waals surface area contributed by atoms with Gasteiger partial charge in [-0.3, -0.25) is 15.0 Å². The van der Waals surface area contributed by atoms with Crippen LogP contribution in [0.15, 0.2) is 0 Å². The molecule has 11 heavy (non-hydrogen) atoms. The molecular formula is C6H9N3O2. The summed E-state index contributed by atoms with van der Waals surface area (Å²) in [4.78, 5) is 24.0. The van der Waals surface area contributed by atoms with Crippen LogP contribution in [-0.2, 0) is 9.59 Å². The fourth-order valence-electron chi connectivity index (χ4n) is 0.962. The molecule has 1 rings (SSSR count). The normalized spacial score (nSPS) is 18.0. The molecule has 1 saturated heterocycles. The lowest BCUT2D eigenvalue weighted by molar-refractivity contribution is -0.136. The minimum absolute atomic E-state index is 0.0394. The van der Waals surface area contributed by atoms with E-state index in [1.54, 1.807) is 7.05 Å². The van der Waals surface area contributed by atoms with Crippen LogP contribution in [0.1, 0.15) is 6.92 Å². The van der Waals surface area contributed by atoms with E-state index in [1.807, 2.05) is 0 Å². The second kappa shape index (κ2) is 2.34. The maximum absolute atomic E-state index is 11.0. The Labute approximate surface area is 64.1 Å². The van der Waals surface area contributed by atoms with E-state index in [9.17, 15) is 9.59 Å². The number of likely N-dealkylation sites (N-methyl/N-ethyl adjacent to an activating group) is 1. The van der Waals surface area contributed by atoms with Crippen LogP contribution in [0.3, 0.4) is 0 Å². The average Bonchev–Trinajstić information content (AvgIpc) is 2.07. The van der Waals surface area contributed by atoms with Crippen molar-refractivity contribution < 1.29 is 9.59 Å². The van der Waals surface area contributed by atoms with Crippen molar-refractivity contribution in [1.82, 2.24) is 9.80 Å². The monoisotopic (exact) mass is 155 g/mol. The van der Waals surface area contributed by atoms with Crippen molar-refractivity contribution in [3.05, 3.63) is 0 Å². The molecule has 0 aromatic heterocycles. The standard InChI is InChI=1S/C6H9N3O2/c1-4(10)9-5(11)3-8(2)6(9)7/h7H,3H2,1-2H3. The van der Waals surface area contributed by atoms with Gasteiger partial charge in [0.1, 0.15) is 6.54 Å². The number of carbonyl (C=O) groups is 2. The van der Waals surface area contributed by atoms with Crippen molar-refractivity contribution in [2.75, 3.05) is 13.6 Å². The average molecular weight is 155 g/mol. The molecule has 5 nitrogen and oxygen atoms in total. The Hall–Kier alpha value is -1.39. The molecule has 1 aliphatic heterocycles. The van der Waals surface area contributed by atoms with Gasteiger partial charge in [0.25, 0.3) is 5.91 Å². The van der Waals surface area contributed by atoms with Gasteiger partial charge in [-0.15, -0.1) is 0 Å². The summed E-state index contributed by atoms with van der Waals surface area (Å²) in [6, 6.07) is 0. The van der Waals surface area contributed by atoms with E-state index in [4.69, 9.17) is 5.41 Å². The lowest BCUT2D eigenvalue weighted by Crippen LogP contribution is -2.36. The Morgan fingerprint density at radius 2 is 2.18 bits per heavy atom. The molecule has 0 aromatic carbocycles. The van der Waals surface area contributed by atoms with Crippen molar-refractivity contribution in [3.8, 4) is 0 Å². The fraction of sp³-hybridized carbons (Fsp3) is 0.500. The van der Waals surface area contributed by atoms with E-state index in [1.165, 1.54) is 11.8 Å². The van der Waals surface area contributed by atoms with Gasteiger partial charge in [-0.25, -0.2) is 4.90 Å². The summed E-state index contributed by atoms with van der Waals surface area (Å²) in [7, 11) is 1.60. The lowest BCUT2D eigenvalue weighted by Gasteiger charge is -2.12. The maximum Gasteiger partial charge on any atom is 0.255 e. The number of rotatable bonds is 0. The van der Waals surface area contributed by atoms with Crippen LogP contribution in [0.25, 0.3) is 0 Å². The Morgan fingerprint density at radius 1 is 1.64 bits per heavy atom. The fourth-order valence-corrected chi connectivity index (χ4v) is 0.962. The van der Waals surface area contributed by atoms with Gasteiger partial charge in [-0.05, 0) is 0 Å². The molecule has 1 fully saturated rings. The second-order valence-electron chi connectivity index (χ2n) is 2.43. The first-order chi connectivity index (χ1) is 5.04. The zero-order chi connectivity index (χ0) is 8.59. The molecule has 1 aliphatic rings. The van der Waals surface area contributed by atoms with Gasteiger partial charge in [0.15, 0.2) is 0 Å². The highest BCUT2D eigenvalue weighted by atomic mass is 16.2. The van der Waals surface area contributed by atoms with Gasteiger partial charge in [0.05, 0.1) is 0 Å². The summed E-state index contributed by atoms with van der Waals surface area (Å²) >= 11 is 0. The molecule has 0 bridgehead atoms. The molecule has 1 heterocycles. The van der Waals surface area contributed by atoms with E-state index in [0.717, 1.165) is 4.90 Å². The van der Waals surface area contributed by atoms with Crippen molar-refractivity contribution in [1.29, 1.82) is 5.41 Å². The molecule has 2 amide bonds. The minimum Gasteiger partial charge on any atom is -0.336 e. The second-order valence-corrected chi connectivity index (χ2v) is 2.43. The van der Waals surface area contributed by atoms with Crippen LogP contribution in [0.2, 0.25) is 0 Å². The predicted octanol–water partition coefficient (Wildman–Crippen LogP) is -0.758. The number of nitrogens with zero attached hydrogens (tertiary/aromatic N) is 2. The Kier molecular flexibility index (Phi) is 1.64. The molecule has 0 atom stereocenters. The molecule has 0 aliphatic carbocycles. The topological polar surface area (TPSA) is 64.5 Å². The van der Waals surface area contributed by atoms with Crippen LogP contribution in [-0.4, -0.2) is 41.2 Å². The number of hydrogen-bond donors (Lipinski definition) is 1. The van der Waals surface area contributed by atoms with Gasteiger partial charge in [-0.1, -0.05) is 0 Å². The molecule has 1 N–H and O–H groups in total. The number of amides is 2. The maximum atomic E-state index is 11.0. The lowest BCUT2D eigenvalue weighted by atomic mass is 10.5. The number of nitrogens with one attached hydrogen (secondary N) is 1. The summed E-state index contributed by atoms with van der Waals surface area (Å²) in [5.41, 5.74) is 0. The molecule has 0 unspecified atom stereocenters. The van der Waals surface area contributed by atoms with Crippen LogP contribution in [0, 0.1) is 5.41 Å². The highest BCUT2D eigenvalue weighted by molar-refractivity contribution is 6.15. The summed E-state index contributed by atoms with van der Waals surface area (Å²) in [6.45, 7) is 1.39. The van der Waals surface area contributed by atoms with Crippen molar-refractivity contribution >= 4 is 17.8 Å². The minimum atomic E-state index is -0.399. The quantitative estimate of drug-likeness (QED) is 0.500. The molecule has 5 heteroatoms. The van der Waals surface area contributed by atoms with E-state index in [0.29, 0.717) is 0 Å². The zero-order valence-electron chi connectivity index (χ0n) is 6.42. The van der Waals surface area contributed by atoms with Gasteiger partial charge in [-0.2, -0.15) is 0 Å². The Morgan fingerprint density at radius 3 is 2.36 bits per heavy atom. The molecule has 0 aromatic rings. The first kappa shape index (κ1) is 7.71. The number of carbonyl (C=O) groups excluding carboxylic acids is 2. The largest absolute Gasteiger partial charge is 0.336 e. The summed E-state index contributed by atoms with van der Waals surface area (Å²) < 4.78 is 0. The summed E-state index contributed by atoms with van der Waals surface area (Å²) in [5, 5.41) is 7.28. The van der Waals surface area contributed by atoms with Gasteiger partial charge in [0, 0.05) is 14.0 Å². The van der Waals surface area contributed by atoms with E-state index in [-0.39, 0.29) is 18.4 Å². The zero-order valence-corrected chi connectivity index (χ0v) is 6.42. The van der Waals surface area contributed by atoms with Crippen LogP contribution >= 0.6 is 0 Å². The molecule has 60 valence electrons. The van der Waals surface area contributed by atoms with E-state index >= 15 is 0 Å². The van der Waals surface area contributed by atoms with Crippen molar-refractivity contribution in [3.63, 3.8) is 0 Å². The van der Waals surface area contributed by atoms with E-state index in [2.05, 4.69) is 0 Å². The summed E-state index contributed by atoms with van der Waals surface area (Å²) in [6.07, 6.45) is 0. The third-order valence-corrected chi connectivity index (χ3v) is 1.51. The van der Waals surface area contributed by atoms with Gasteiger partial charge >= 0.3 is 0 Å². The van der Waals surface area contributed by atoms with Crippen LogP contribution < -0.4 is 0 Å². The number of guanidine groups is 1. The van der Waals surface area contributed by atoms with Crippen molar-refractivity contribution in [2.45, 2.75) is 6.92 Å². The third kappa shape index (κ3) is 1.09. The molecule has 0 saturated carbocycles. The highest BCUT2D eigenvalue weighted by Crippen LogP contribution is 2.05. The van der Waals surface area contributed by atoms with Gasteiger partial charge in [0.2, 0.25) is 11.9 Å².